The van der Waals surface area contributed by atoms with E-state index in [9.17, 15) is 4.79 Å². The third kappa shape index (κ3) is 3.15. The first kappa shape index (κ1) is 15.1. The van der Waals surface area contributed by atoms with Crippen LogP contribution >= 0.6 is 23.2 Å². The van der Waals surface area contributed by atoms with Crippen molar-refractivity contribution < 1.29 is 4.79 Å². The summed E-state index contributed by atoms with van der Waals surface area (Å²) >= 11 is 12.0. The van der Waals surface area contributed by atoms with Crippen LogP contribution in [-0.2, 0) is 0 Å². The van der Waals surface area contributed by atoms with Crippen LogP contribution in [0.15, 0.2) is 36.8 Å². The molecule has 0 N–H and O–H groups in total. The van der Waals surface area contributed by atoms with Crippen LogP contribution in [-0.4, -0.2) is 47.0 Å². The first-order valence-electron chi connectivity index (χ1n) is 6.90. The van der Waals surface area contributed by atoms with Gasteiger partial charge in [-0.05, 0) is 18.2 Å². The Kier molecular flexibility index (Phi) is 4.45. The van der Waals surface area contributed by atoms with E-state index in [1.54, 1.807) is 41.7 Å². The molecule has 3 rings (SSSR count). The number of nitrogens with zero attached hydrogens (tertiary/aromatic N) is 4. The van der Waals surface area contributed by atoms with Gasteiger partial charge in [-0.3, -0.25) is 9.78 Å². The summed E-state index contributed by atoms with van der Waals surface area (Å²) in [6, 6.07) is 4.94. The maximum absolute atomic E-state index is 12.5. The van der Waals surface area contributed by atoms with Gasteiger partial charge in [0.05, 0.1) is 16.8 Å². The van der Waals surface area contributed by atoms with Crippen molar-refractivity contribution in [3.8, 4) is 0 Å². The van der Waals surface area contributed by atoms with Crippen LogP contribution in [0.25, 0.3) is 0 Å². The van der Waals surface area contributed by atoms with E-state index in [0.29, 0.717) is 28.7 Å². The Morgan fingerprint density at radius 1 is 1.09 bits per heavy atom. The molecular formula is C15H14Cl2N4O. The molecule has 1 saturated heterocycles. The predicted octanol–water partition coefficient (Wildman–Crippen LogP) is 2.75. The second-order valence-electron chi connectivity index (χ2n) is 4.97. The van der Waals surface area contributed by atoms with Gasteiger partial charge in [-0.15, -0.1) is 0 Å². The van der Waals surface area contributed by atoms with Crippen LogP contribution in [0, 0.1) is 0 Å². The van der Waals surface area contributed by atoms with Gasteiger partial charge >= 0.3 is 0 Å². The molecule has 114 valence electrons. The maximum Gasteiger partial charge on any atom is 0.255 e. The molecule has 2 heterocycles. The molecule has 1 amide bonds. The molecule has 1 aliphatic rings. The number of carbonyl (C=O) groups excluding carboxylic acids is 1. The highest BCUT2D eigenvalue weighted by molar-refractivity contribution is 6.36. The monoisotopic (exact) mass is 336 g/mol. The molecule has 0 bridgehead atoms. The predicted molar refractivity (Wildman–Crippen MR) is 86.6 cm³/mol. The number of halogens is 2. The average molecular weight is 337 g/mol. The fourth-order valence-electron chi connectivity index (χ4n) is 2.43. The van der Waals surface area contributed by atoms with Crippen LogP contribution in [0.2, 0.25) is 10.0 Å². The van der Waals surface area contributed by atoms with Crippen molar-refractivity contribution in [3.63, 3.8) is 0 Å². The molecule has 0 spiro atoms. The van der Waals surface area contributed by atoms with Crippen LogP contribution in [0.1, 0.15) is 10.4 Å². The highest BCUT2D eigenvalue weighted by Gasteiger charge is 2.24. The molecule has 0 atom stereocenters. The topological polar surface area (TPSA) is 49.3 Å². The Morgan fingerprint density at radius 3 is 2.50 bits per heavy atom. The van der Waals surface area contributed by atoms with Crippen LogP contribution in [0.4, 0.5) is 5.82 Å². The Hall–Kier alpha value is -1.85. The lowest BCUT2D eigenvalue weighted by Crippen LogP contribution is -2.49. The largest absolute Gasteiger partial charge is 0.352 e. The van der Waals surface area contributed by atoms with Crippen molar-refractivity contribution in [3.05, 3.63) is 52.4 Å². The first-order valence-corrected chi connectivity index (χ1v) is 7.66. The number of anilines is 1. The van der Waals surface area contributed by atoms with Gasteiger partial charge in [0.1, 0.15) is 5.82 Å². The Morgan fingerprint density at radius 2 is 1.86 bits per heavy atom. The SMILES string of the molecule is O=C(c1ccc(Cl)cc1Cl)N1CCN(c2cnccn2)CC1. The second-order valence-corrected chi connectivity index (χ2v) is 5.81. The summed E-state index contributed by atoms with van der Waals surface area (Å²) in [5.74, 6) is 0.764. The van der Waals surface area contributed by atoms with E-state index in [0.717, 1.165) is 18.9 Å². The number of hydrogen-bond acceptors (Lipinski definition) is 4. The number of carbonyl (C=O) groups is 1. The molecule has 0 aliphatic carbocycles. The summed E-state index contributed by atoms with van der Waals surface area (Å²) in [4.78, 5) is 24.8. The van der Waals surface area contributed by atoms with Gasteiger partial charge in [0.2, 0.25) is 0 Å². The zero-order valence-electron chi connectivity index (χ0n) is 11.7. The third-order valence-corrected chi connectivity index (χ3v) is 4.15. The van der Waals surface area contributed by atoms with Crippen molar-refractivity contribution >= 4 is 34.9 Å². The van der Waals surface area contributed by atoms with Gasteiger partial charge in [-0.1, -0.05) is 23.2 Å². The summed E-state index contributed by atoms with van der Waals surface area (Å²) in [6.07, 6.45) is 5.04. The summed E-state index contributed by atoms with van der Waals surface area (Å²) < 4.78 is 0. The number of amides is 1. The van der Waals surface area contributed by atoms with Gasteiger partial charge < -0.3 is 9.80 Å². The van der Waals surface area contributed by atoms with E-state index in [4.69, 9.17) is 23.2 Å². The van der Waals surface area contributed by atoms with Gasteiger partial charge in [-0.25, -0.2) is 4.98 Å². The summed E-state index contributed by atoms with van der Waals surface area (Å²) in [6.45, 7) is 2.67. The average Bonchev–Trinajstić information content (AvgIpc) is 2.55. The van der Waals surface area contributed by atoms with Gasteiger partial charge in [-0.2, -0.15) is 0 Å². The molecule has 1 aromatic heterocycles. The summed E-state index contributed by atoms with van der Waals surface area (Å²) in [5.41, 5.74) is 0.485. The maximum atomic E-state index is 12.5. The summed E-state index contributed by atoms with van der Waals surface area (Å²) in [5, 5.41) is 0.905. The lowest BCUT2D eigenvalue weighted by Gasteiger charge is -2.35. The van der Waals surface area contributed by atoms with Gasteiger partial charge in [0.15, 0.2) is 0 Å². The first-order chi connectivity index (χ1) is 10.6. The lowest BCUT2D eigenvalue weighted by atomic mass is 10.2. The number of piperazine rings is 1. The van der Waals surface area contributed by atoms with E-state index in [2.05, 4.69) is 14.9 Å². The van der Waals surface area contributed by atoms with Crippen molar-refractivity contribution in [2.24, 2.45) is 0 Å². The van der Waals surface area contributed by atoms with Crippen LogP contribution in [0.3, 0.4) is 0 Å². The highest BCUT2D eigenvalue weighted by Crippen LogP contribution is 2.23. The fourth-order valence-corrected chi connectivity index (χ4v) is 2.92. The smallest absolute Gasteiger partial charge is 0.255 e. The molecule has 0 radical (unpaired) electrons. The highest BCUT2D eigenvalue weighted by atomic mass is 35.5. The number of aromatic nitrogens is 2. The van der Waals surface area contributed by atoms with Crippen molar-refractivity contribution in [1.29, 1.82) is 0 Å². The molecular weight excluding hydrogens is 323 g/mol. The molecule has 0 saturated carbocycles. The number of rotatable bonds is 2. The Labute approximate surface area is 138 Å². The molecule has 1 fully saturated rings. The van der Waals surface area contributed by atoms with Crippen molar-refractivity contribution in [2.45, 2.75) is 0 Å². The second kappa shape index (κ2) is 6.50. The van der Waals surface area contributed by atoms with E-state index in [-0.39, 0.29) is 5.91 Å². The number of hydrogen-bond donors (Lipinski definition) is 0. The van der Waals surface area contributed by atoms with Gasteiger partial charge in [0.25, 0.3) is 5.91 Å². The van der Waals surface area contributed by atoms with Crippen LogP contribution in [0.5, 0.6) is 0 Å². The molecule has 1 aliphatic heterocycles. The Bertz CT molecular complexity index is 672. The van der Waals surface area contributed by atoms with Crippen LogP contribution < -0.4 is 4.90 Å². The Balaban J connectivity index is 1.67. The minimum Gasteiger partial charge on any atom is -0.352 e. The van der Waals surface area contributed by atoms with E-state index in [1.807, 2.05) is 0 Å². The number of benzene rings is 1. The minimum absolute atomic E-state index is 0.0690. The zero-order chi connectivity index (χ0) is 15.5. The molecule has 2 aromatic rings. The van der Waals surface area contributed by atoms with E-state index >= 15 is 0 Å². The molecule has 5 nitrogen and oxygen atoms in total. The molecule has 22 heavy (non-hydrogen) atoms. The normalized spacial score (nSPS) is 15.0. The molecule has 1 aromatic carbocycles. The standard InChI is InChI=1S/C15H14Cl2N4O/c16-11-1-2-12(13(17)9-11)15(22)21-7-5-20(6-8-21)14-10-18-3-4-19-14/h1-4,9-10H,5-8H2. The van der Waals surface area contributed by atoms with E-state index < -0.39 is 0 Å². The van der Waals surface area contributed by atoms with Crippen molar-refractivity contribution in [1.82, 2.24) is 14.9 Å². The zero-order valence-corrected chi connectivity index (χ0v) is 13.3. The minimum atomic E-state index is -0.0690. The fraction of sp³-hybridized carbons (Fsp3) is 0.267. The molecule has 0 unspecified atom stereocenters. The van der Waals surface area contributed by atoms with Crippen molar-refractivity contribution in [2.75, 3.05) is 31.1 Å². The van der Waals surface area contributed by atoms with E-state index in [1.165, 1.54) is 0 Å². The summed E-state index contributed by atoms with van der Waals surface area (Å²) in [7, 11) is 0. The lowest BCUT2D eigenvalue weighted by molar-refractivity contribution is 0.0746. The molecule has 7 heteroatoms. The third-order valence-electron chi connectivity index (χ3n) is 3.60. The van der Waals surface area contributed by atoms with Gasteiger partial charge in [0, 0.05) is 43.6 Å². The quantitative estimate of drug-likeness (QED) is 0.846.